The largest absolute Gasteiger partial charge is 0.362 e. The number of carbonyl (C=O) groups excluding carboxylic acids is 2. The number of nitrogens with one attached hydrogen (secondary N) is 1. The second kappa shape index (κ2) is 5.05. The first-order valence-corrected chi connectivity index (χ1v) is 7.50. The number of para-hydroxylation sites is 2. The zero-order chi connectivity index (χ0) is 16.0. The molecule has 0 aliphatic carbocycles. The molecule has 2 aromatic carbocycles. The third kappa shape index (κ3) is 2.04. The Morgan fingerprint density at radius 2 is 1.70 bits per heavy atom. The number of hydrogen-bond donors (Lipinski definition) is 1. The van der Waals surface area contributed by atoms with E-state index < -0.39 is 23.7 Å². The number of fused-ring (bicyclic) bond motifs is 2. The van der Waals surface area contributed by atoms with Gasteiger partial charge in [0.1, 0.15) is 12.1 Å². The van der Waals surface area contributed by atoms with Gasteiger partial charge in [-0.1, -0.05) is 30.3 Å². The smallest absolute Gasteiger partial charge is 0.231 e. The summed E-state index contributed by atoms with van der Waals surface area (Å²) in [6.45, 7) is 1.80. The highest BCUT2D eigenvalue weighted by Crippen LogP contribution is 2.34. The van der Waals surface area contributed by atoms with E-state index in [1.165, 1.54) is 0 Å². The van der Waals surface area contributed by atoms with E-state index in [4.69, 9.17) is 0 Å². The lowest BCUT2D eigenvalue weighted by molar-refractivity contribution is -0.116. The summed E-state index contributed by atoms with van der Waals surface area (Å²) in [6.07, 6.45) is -0.391. The Morgan fingerprint density at radius 3 is 2.48 bits per heavy atom. The van der Waals surface area contributed by atoms with Crippen molar-refractivity contribution >= 4 is 28.7 Å². The summed E-state index contributed by atoms with van der Waals surface area (Å²) >= 11 is 0. The van der Waals surface area contributed by atoms with E-state index >= 15 is 0 Å². The number of hydrazone groups is 1. The quantitative estimate of drug-likeness (QED) is 0.823. The minimum Gasteiger partial charge on any atom is -0.362 e. The second-order valence-electron chi connectivity index (χ2n) is 5.73. The average molecular weight is 305 g/mol. The van der Waals surface area contributed by atoms with Gasteiger partial charge in [0.05, 0.1) is 11.4 Å². The molecule has 0 bridgehead atoms. The topological polar surface area (TPSA) is 61.8 Å². The van der Waals surface area contributed by atoms with Crippen LogP contribution in [0.4, 0.5) is 11.4 Å². The molecule has 0 unspecified atom stereocenters. The van der Waals surface area contributed by atoms with Gasteiger partial charge >= 0.3 is 0 Å². The molecule has 2 aromatic rings. The van der Waals surface area contributed by atoms with Crippen LogP contribution < -0.4 is 10.3 Å². The van der Waals surface area contributed by atoms with Crippen molar-refractivity contribution in [1.82, 2.24) is 0 Å². The van der Waals surface area contributed by atoms with Gasteiger partial charge in [-0.2, -0.15) is 5.10 Å². The summed E-state index contributed by atoms with van der Waals surface area (Å²) in [5, 5.41) is 9.63. The summed E-state index contributed by atoms with van der Waals surface area (Å²) in [6, 6.07) is 16.8. The van der Waals surface area contributed by atoms with Crippen molar-refractivity contribution in [2.45, 2.75) is 13.1 Å². The molecule has 0 amide bonds. The van der Waals surface area contributed by atoms with Crippen molar-refractivity contribution < 1.29 is 9.59 Å². The molecule has 0 saturated carbocycles. The Hall–Kier alpha value is -2.95. The molecular formula is C18H15N3O2. The van der Waals surface area contributed by atoms with E-state index in [0.717, 1.165) is 5.69 Å². The normalized spacial score (nSPS) is 22.8. The van der Waals surface area contributed by atoms with E-state index in [0.29, 0.717) is 17.0 Å². The summed E-state index contributed by atoms with van der Waals surface area (Å²) < 4.78 is 0. The SMILES string of the molecule is CC1=NN(c2ccccc2)[C@@H]2Nc3ccccc3C(=O)C(=O)[C@@H]12. The van der Waals surface area contributed by atoms with Crippen LogP contribution in [0.25, 0.3) is 0 Å². The van der Waals surface area contributed by atoms with Crippen LogP contribution in [-0.4, -0.2) is 23.4 Å². The first-order chi connectivity index (χ1) is 11.2. The van der Waals surface area contributed by atoms with Crippen molar-refractivity contribution in [3.8, 4) is 0 Å². The summed E-state index contributed by atoms with van der Waals surface area (Å²) in [5.74, 6) is -1.44. The van der Waals surface area contributed by atoms with Crippen molar-refractivity contribution in [2.75, 3.05) is 10.3 Å². The molecule has 2 aliphatic rings. The average Bonchev–Trinajstić information content (AvgIpc) is 2.85. The Morgan fingerprint density at radius 1 is 1.00 bits per heavy atom. The molecule has 2 heterocycles. The number of hydrogen-bond acceptors (Lipinski definition) is 5. The maximum atomic E-state index is 12.7. The molecule has 2 atom stereocenters. The standard InChI is InChI=1S/C18H15N3O2/c1-11-15-17(23)16(22)13-9-5-6-10-14(13)19-18(15)21(20-11)12-7-3-2-4-8-12/h2-10,15,18-19H,1H3/t15-,18+/m1/s1. The molecule has 0 aromatic heterocycles. The molecule has 0 radical (unpaired) electrons. The predicted molar refractivity (Wildman–Crippen MR) is 88.7 cm³/mol. The first kappa shape index (κ1) is 13.7. The molecule has 2 aliphatic heterocycles. The maximum Gasteiger partial charge on any atom is 0.231 e. The molecule has 5 heteroatoms. The lowest BCUT2D eigenvalue weighted by atomic mass is 9.93. The van der Waals surface area contributed by atoms with Crippen LogP contribution in [0.1, 0.15) is 17.3 Å². The highest BCUT2D eigenvalue weighted by molar-refractivity contribution is 6.49. The van der Waals surface area contributed by atoms with Crippen LogP contribution in [0.5, 0.6) is 0 Å². The van der Waals surface area contributed by atoms with Crippen LogP contribution >= 0.6 is 0 Å². The Kier molecular flexibility index (Phi) is 3.01. The molecule has 114 valence electrons. The number of nitrogens with zero attached hydrogens (tertiary/aromatic N) is 2. The van der Waals surface area contributed by atoms with Gasteiger partial charge in [-0.15, -0.1) is 0 Å². The van der Waals surface area contributed by atoms with Crippen molar-refractivity contribution in [2.24, 2.45) is 11.0 Å². The molecule has 5 nitrogen and oxygen atoms in total. The Labute approximate surface area is 133 Å². The minimum atomic E-state index is -0.574. The number of anilines is 2. The molecule has 0 saturated heterocycles. The molecule has 1 N–H and O–H groups in total. The van der Waals surface area contributed by atoms with Gasteiger partial charge in [-0.25, -0.2) is 5.01 Å². The Balaban J connectivity index is 1.83. The van der Waals surface area contributed by atoms with Crippen LogP contribution in [0, 0.1) is 5.92 Å². The van der Waals surface area contributed by atoms with Gasteiger partial charge in [0.15, 0.2) is 0 Å². The number of ketones is 2. The highest BCUT2D eigenvalue weighted by atomic mass is 16.2. The van der Waals surface area contributed by atoms with Gasteiger partial charge in [-0.05, 0) is 31.2 Å². The van der Waals surface area contributed by atoms with Gasteiger partial charge in [0.25, 0.3) is 0 Å². The molecule has 23 heavy (non-hydrogen) atoms. The predicted octanol–water partition coefficient (Wildman–Crippen LogP) is 2.70. The van der Waals surface area contributed by atoms with E-state index in [1.54, 1.807) is 24.1 Å². The van der Waals surface area contributed by atoms with Gasteiger partial charge in [0.2, 0.25) is 11.6 Å². The van der Waals surface area contributed by atoms with Gasteiger partial charge in [-0.3, -0.25) is 9.59 Å². The fourth-order valence-electron chi connectivity index (χ4n) is 3.18. The maximum absolute atomic E-state index is 12.7. The minimum absolute atomic E-state index is 0.391. The Bertz CT molecular complexity index is 829. The third-order valence-electron chi connectivity index (χ3n) is 4.30. The van der Waals surface area contributed by atoms with Gasteiger partial charge < -0.3 is 5.32 Å². The van der Waals surface area contributed by atoms with E-state index in [-0.39, 0.29) is 0 Å². The number of Topliss-reactive ketones (excluding diaryl/α,β-unsaturated/α-hetero) is 2. The fraction of sp³-hybridized carbons (Fsp3) is 0.167. The third-order valence-corrected chi connectivity index (χ3v) is 4.30. The van der Waals surface area contributed by atoms with Crippen molar-refractivity contribution in [3.05, 3.63) is 60.2 Å². The molecule has 0 spiro atoms. The summed E-state index contributed by atoms with van der Waals surface area (Å²) in [5.41, 5.74) is 2.63. The first-order valence-electron chi connectivity index (χ1n) is 7.50. The molecule has 0 fully saturated rings. The van der Waals surface area contributed by atoms with Crippen molar-refractivity contribution in [3.63, 3.8) is 0 Å². The van der Waals surface area contributed by atoms with Gasteiger partial charge in [0, 0.05) is 11.3 Å². The number of carbonyl (C=O) groups is 2. The number of rotatable bonds is 1. The lowest BCUT2D eigenvalue weighted by Gasteiger charge is -2.27. The van der Waals surface area contributed by atoms with Crippen LogP contribution in [0.2, 0.25) is 0 Å². The monoisotopic (exact) mass is 305 g/mol. The number of benzene rings is 2. The second-order valence-corrected chi connectivity index (χ2v) is 5.73. The summed E-state index contributed by atoms with van der Waals surface area (Å²) in [4.78, 5) is 25.2. The zero-order valence-electron chi connectivity index (χ0n) is 12.6. The fourth-order valence-corrected chi connectivity index (χ4v) is 3.18. The van der Waals surface area contributed by atoms with Crippen LogP contribution in [-0.2, 0) is 4.79 Å². The molecular weight excluding hydrogens is 290 g/mol. The van der Waals surface area contributed by atoms with Crippen LogP contribution in [0.15, 0.2) is 59.7 Å². The zero-order valence-corrected chi connectivity index (χ0v) is 12.6. The van der Waals surface area contributed by atoms with Crippen LogP contribution in [0.3, 0.4) is 0 Å². The highest BCUT2D eigenvalue weighted by Gasteiger charge is 2.46. The van der Waals surface area contributed by atoms with E-state index in [2.05, 4.69) is 10.4 Å². The van der Waals surface area contributed by atoms with Crippen molar-refractivity contribution in [1.29, 1.82) is 0 Å². The molecule has 4 rings (SSSR count). The van der Waals surface area contributed by atoms with E-state index in [9.17, 15) is 9.59 Å². The van der Waals surface area contributed by atoms with E-state index in [1.807, 2.05) is 42.5 Å². The summed E-state index contributed by atoms with van der Waals surface area (Å²) in [7, 11) is 0. The lowest BCUT2D eigenvalue weighted by Crippen LogP contribution is -2.43.